The van der Waals surface area contributed by atoms with Gasteiger partial charge in [0.1, 0.15) is 5.15 Å². The molecule has 0 unspecified atom stereocenters. The molecule has 0 aliphatic heterocycles. The third kappa shape index (κ3) is 0.973. The molecular formula is C7H6ClN3. The number of aryl methyl sites for hydroxylation is 1. The highest BCUT2D eigenvalue weighted by Crippen LogP contribution is 2.18. The Morgan fingerprint density at radius 1 is 1.55 bits per heavy atom. The Bertz CT molecular complexity index is 393. The second-order valence-corrected chi connectivity index (χ2v) is 2.70. The molecule has 0 aliphatic carbocycles. The zero-order chi connectivity index (χ0) is 7.84. The van der Waals surface area contributed by atoms with E-state index < -0.39 is 0 Å². The van der Waals surface area contributed by atoms with Crippen LogP contribution < -0.4 is 0 Å². The fourth-order valence-corrected chi connectivity index (χ4v) is 1.23. The van der Waals surface area contributed by atoms with Gasteiger partial charge in [-0.3, -0.25) is 4.68 Å². The minimum absolute atomic E-state index is 0.510. The fourth-order valence-electron chi connectivity index (χ4n) is 1.03. The van der Waals surface area contributed by atoms with Crippen LogP contribution in [0.15, 0.2) is 18.5 Å². The van der Waals surface area contributed by atoms with Gasteiger partial charge in [-0.2, -0.15) is 5.10 Å². The highest BCUT2D eigenvalue weighted by atomic mass is 35.5. The van der Waals surface area contributed by atoms with E-state index in [1.165, 1.54) is 0 Å². The molecule has 0 fully saturated rings. The maximum Gasteiger partial charge on any atom is 0.139 e. The molecule has 2 aromatic heterocycles. The Labute approximate surface area is 68.6 Å². The summed E-state index contributed by atoms with van der Waals surface area (Å²) in [6, 6.07) is 1.83. The molecule has 0 aliphatic rings. The number of hydrogen-bond donors (Lipinski definition) is 0. The van der Waals surface area contributed by atoms with E-state index in [1.807, 2.05) is 19.3 Å². The number of halogens is 1. The van der Waals surface area contributed by atoms with Crippen molar-refractivity contribution in [1.82, 2.24) is 14.8 Å². The van der Waals surface area contributed by atoms with Gasteiger partial charge in [0, 0.05) is 19.4 Å². The monoisotopic (exact) mass is 167 g/mol. The molecule has 0 saturated heterocycles. The number of aromatic nitrogens is 3. The zero-order valence-corrected chi connectivity index (χ0v) is 6.71. The average molecular weight is 168 g/mol. The lowest BCUT2D eigenvalue weighted by atomic mass is 10.3. The Morgan fingerprint density at radius 2 is 2.36 bits per heavy atom. The highest BCUT2D eigenvalue weighted by Gasteiger charge is 2.01. The molecule has 11 heavy (non-hydrogen) atoms. The van der Waals surface area contributed by atoms with E-state index >= 15 is 0 Å². The predicted octanol–water partition coefficient (Wildman–Crippen LogP) is 1.62. The number of rotatable bonds is 0. The summed E-state index contributed by atoms with van der Waals surface area (Å²) in [5, 5.41) is 5.58. The average Bonchev–Trinajstić information content (AvgIpc) is 2.31. The van der Waals surface area contributed by atoms with Crippen molar-refractivity contribution in [3.8, 4) is 0 Å². The molecule has 4 heteroatoms. The van der Waals surface area contributed by atoms with Gasteiger partial charge in [0.05, 0.1) is 10.9 Å². The largest absolute Gasteiger partial charge is 0.274 e. The van der Waals surface area contributed by atoms with Crippen LogP contribution in [-0.4, -0.2) is 14.8 Å². The third-order valence-corrected chi connectivity index (χ3v) is 1.80. The first kappa shape index (κ1) is 6.61. The Hall–Kier alpha value is -1.09. The van der Waals surface area contributed by atoms with Gasteiger partial charge in [-0.1, -0.05) is 11.6 Å². The molecule has 56 valence electrons. The van der Waals surface area contributed by atoms with Crippen molar-refractivity contribution >= 4 is 22.5 Å². The lowest BCUT2D eigenvalue weighted by Crippen LogP contribution is -1.84. The van der Waals surface area contributed by atoms with Gasteiger partial charge >= 0.3 is 0 Å². The molecule has 0 atom stereocenters. The first-order valence-electron chi connectivity index (χ1n) is 3.21. The van der Waals surface area contributed by atoms with Crippen molar-refractivity contribution in [3.05, 3.63) is 23.6 Å². The number of pyridine rings is 1. The minimum Gasteiger partial charge on any atom is -0.274 e. The van der Waals surface area contributed by atoms with E-state index in [0.29, 0.717) is 5.15 Å². The molecule has 0 saturated carbocycles. The standard InChI is InChI=1S/C7H6ClN3/c1-11-4-5-6(10-11)2-3-9-7(5)8/h2-4H,1H3. The summed E-state index contributed by atoms with van der Waals surface area (Å²) in [6.07, 6.45) is 3.50. The second kappa shape index (κ2) is 2.20. The highest BCUT2D eigenvalue weighted by molar-refractivity contribution is 6.34. The summed E-state index contributed by atoms with van der Waals surface area (Å²) < 4.78 is 1.72. The number of hydrogen-bond acceptors (Lipinski definition) is 2. The minimum atomic E-state index is 0.510. The van der Waals surface area contributed by atoms with Crippen LogP contribution in [0.3, 0.4) is 0 Å². The zero-order valence-electron chi connectivity index (χ0n) is 5.95. The van der Waals surface area contributed by atoms with Gasteiger partial charge in [0.15, 0.2) is 0 Å². The van der Waals surface area contributed by atoms with Crippen molar-refractivity contribution in [2.24, 2.45) is 7.05 Å². The molecule has 2 rings (SSSR count). The van der Waals surface area contributed by atoms with Gasteiger partial charge in [-0.15, -0.1) is 0 Å². The van der Waals surface area contributed by atoms with Crippen LogP contribution in [0.5, 0.6) is 0 Å². The summed E-state index contributed by atoms with van der Waals surface area (Å²) in [7, 11) is 1.86. The van der Waals surface area contributed by atoms with Crippen LogP contribution in [0.2, 0.25) is 5.15 Å². The summed E-state index contributed by atoms with van der Waals surface area (Å²) in [5.74, 6) is 0. The van der Waals surface area contributed by atoms with Crippen molar-refractivity contribution in [3.63, 3.8) is 0 Å². The maximum atomic E-state index is 5.81. The molecule has 0 N–H and O–H groups in total. The third-order valence-electron chi connectivity index (χ3n) is 1.50. The van der Waals surface area contributed by atoms with E-state index in [1.54, 1.807) is 10.9 Å². The van der Waals surface area contributed by atoms with Crippen LogP contribution in [0.4, 0.5) is 0 Å². The second-order valence-electron chi connectivity index (χ2n) is 2.34. The van der Waals surface area contributed by atoms with Crippen LogP contribution in [0, 0.1) is 0 Å². The van der Waals surface area contributed by atoms with Gasteiger partial charge in [-0.25, -0.2) is 4.98 Å². The van der Waals surface area contributed by atoms with Crippen LogP contribution >= 0.6 is 11.6 Å². The van der Waals surface area contributed by atoms with Crippen LogP contribution in [0.25, 0.3) is 10.9 Å². The number of nitrogens with zero attached hydrogens (tertiary/aromatic N) is 3. The van der Waals surface area contributed by atoms with Crippen LogP contribution in [-0.2, 0) is 7.05 Å². The summed E-state index contributed by atoms with van der Waals surface area (Å²) >= 11 is 5.81. The molecule has 0 spiro atoms. The fraction of sp³-hybridized carbons (Fsp3) is 0.143. The van der Waals surface area contributed by atoms with E-state index in [0.717, 1.165) is 10.9 Å². The molecule has 0 radical (unpaired) electrons. The predicted molar refractivity (Wildman–Crippen MR) is 43.5 cm³/mol. The van der Waals surface area contributed by atoms with Crippen molar-refractivity contribution < 1.29 is 0 Å². The van der Waals surface area contributed by atoms with Crippen LogP contribution in [0.1, 0.15) is 0 Å². The first-order chi connectivity index (χ1) is 5.27. The van der Waals surface area contributed by atoms with E-state index in [9.17, 15) is 0 Å². The summed E-state index contributed by atoms with van der Waals surface area (Å²) in [4.78, 5) is 3.93. The molecule has 0 aromatic carbocycles. The lowest BCUT2D eigenvalue weighted by Gasteiger charge is -1.86. The summed E-state index contributed by atoms with van der Waals surface area (Å²) in [6.45, 7) is 0. The molecule has 0 amide bonds. The molecule has 2 heterocycles. The van der Waals surface area contributed by atoms with E-state index in [2.05, 4.69) is 10.1 Å². The SMILES string of the molecule is Cn1cc2c(Cl)nccc2n1. The Morgan fingerprint density at radius 3 is 3.09 bits per heavy atom. The van der Waals surface area contributed by atoms with Crippen molar-refractivity contribution in [2.45, 2.75) is 0 Å². The Balaban J connectivity index is 2.90. The first-order valence-corrected chi connectivity index (χ1v) is 3.59. The normalized spacial score (nSPS) is 10.7. The Kier molecular flexibility index (Phi) is 1.32. The maximum absolute atomic E-state index is 5.81. The van der Waals surface area contributed by atoms with Gasteiger partial charge in [-0.05, 0) is 6.07 Å². The molecule has 3 nitrogen and oxygen atoms in total. The van der Waals surface area contributed by atoms with E-state index in [-0.39, 0.29) is 0 Å². The lowest BCUT2D eigenvalue weighted by molar-refractivity contribution is 0.780. The summed E-state index contributed by atoms with van der Waals surface area (Å²) in [5.41, 5.74) is 0.882. The van der Waals surface area contributed by atoms with Gasteiger partial charge in [0.25, 0.3) is 0 Å². The molecular weight excluding hydrogens is 162 g/mol. The quantitative estimate of drug-likeness (QED) is 0.559. The van der Waals surface area contributed by atoms with E-state index in [4.69, 9.17) is 11.6 Å². The van der Waals surface area contributed by atoms with Gasteiger partial charge in [0.2, 0.25) is 0 Å². The topological polar surface area (TPSA) is 30.7 Å². The van der Waals surface area contributed by atoms with Crippen molar-refractivity contribution in [2.75, 3.05) is 0 Å². The smallest absolute Gasteiger partial charge is 0.139 e. The van der Waals surface area contributed by atoms with Gasteiger partial charge < -0.3 is 0 Å². The van der Waals surface area contributed by atoms with Crippen molar-refractivity contribution in [1.29, 1.82) is 0 Å². The molecule has 2 aromatic rings. The number of fused-ring (bicyclic) bond motifs is 1. The molecule has 0 bridgehead atoms.